The predicted molar refractivity (Wildman–Crippen MR) is 72.5 cm³/mol. The molecule has 1 aromatic carbocycles. The summed E-state index contributed by atoms with van der Waals surface area (Å²) in [6, 6.07) is 8.75. The first-order chi connectivity index (χ1) is 8.83. The zero-order valence-corrected chi connectivity index (χ0v) is 11.2. The molecule has 0 spiro atoms. The summed E-state index contributed by atoms with van der Waals surface area (Å²) in [6.07, 6.45) is 0. The van der Waals surface area contributed by atoms with Crippen LogP contribution in [0.3, 0.4) is 0 Å². The third kappa shape index (κ3) is 2.46. The van der Waals surface area contributed by atoms with Gasteiger partial charge in [-0.15, -0.1) is 11.3 Å². The molecule has 1 N–H and O–H groups in total. The second-order valence-electron chi connectivity index (χ2n) is 4.53. The summed E-state index contributed by atoms with van der Waals surface area (Å²) in [5.74, 6) is 0. The molecule has 1 aromatic heterocycles. The summed E-state index contributed by atoms with van der Waals surface area (Å²) in [5, 5.41) is 6.75. The molecule has 0 aliphatic carbocycles. The fourth-order valence-corrected chi connectivity index (χ4v) is 2.97. The van der Waals surface area contributed by atoms with Crippen molar-refractivity contribution in [1.29, 1.82) is 0 Å². The number of nitrogens with one attached hydrogen (secondary N) is 1. The highest BCUT2D eigenvalue weighted by atomic mass is 32.1. The van der Waals surface area contributed by atoms with Crippen LogP contribution in [-0.2, 0) is 17.9 Å². The molecule has 3 nitrogen and oxygen atoms in total. The molecule has 2 aromatic rings. The fourth-order valence-electron chi connectivity index (χ4n) is 2.25. The highest BCUT2D eigenvalue weighted by Gasteiger charge is 2.19. The van der Waals surface area contributed by atoms with Crippen LogP contribution in [0.25, 0.3) is 0 Å². The van der Waals surface area contributed by atoms with E-state index in [4.69, 9.17) is 4.74 Å². The Balaban J connectivity index is 1.71. The molecule has 2 heterocycles. The Kier molecular flexibility index (Phi) is 3.41. The van der Waals surface area contributed by atoms with Crippen molar-refractivity contribution < 1.29 is 4.74 Å². The van der Waals surface area contributed by atoms with E-state index in [1.165, 1.54) is 11.1 Å². The second kappa shape index (κ2) is 5.18. The smallest absolute Gasteiger partial charge is 0.107 e. The van der Waals surface area contributed by atoms with Crippen molar-refractivity contribution in [2.45, 2.75) is 26.1 Å². The lowest BCUT2D eigenvalue weighted by molar-refractivity contribution is 0.0817. The minimum atomic E-state index is 0.277. The largest absolute Gasteiger partial charge is 0.375 e. The van der Waals surface area contributed by atoms with Gasteiger partial charge in [0, 0.05) is 17.6 Å². The van der Waals surface area contributed by atoms with Gasteiger partial charge in [-0.3, -0.25) is 0 Å². The van der Waals surface area contributed by atoms with Crippen molar-refractivity contribution in [3.05, 3.63) is 51.5 Å². The SMILES string of the molecule is Cc1csc(CNC2COCc3ccccc32)n1. The molecule has 3 rings (SSSR count). The molecule has 0 bridgehead atoms. The second-order valence-corrected chi connectivity index (χ2v) is 5.47. The molecule has 0 saturated carbocycles. The molecule has 1 unspecified atom stereocenters. The number of hydrogen-bond donors (Lipinski definition) is 1. The van der Waals surface area contributed by atoms with E-state index in [-0.39, 0.29) is 6.04 Å². The number of ether oxygens (including phenoxy) is 1. The van der Waals surface area contributed by atoms with E-state index in [2.05, 4.69) is 39.9 Å². The van der Waals surface area contributed by atoms with Crippen molar-refractivity contribution in [1.82, 2.24) is 10.3 Å². The van der Waals surface area contributed by atoms with Gasteiger partial charge in [0.15, 0.2) is 0 Å². The Morgan fingerprint density at radius 2 is 2.33 bits per heavy atom. The third-order valence-electron chi connectivity index (χ3n) is 3.14. The fraction of sp³-hybridized carbons (Fsp3) is 0.357. The maximum absolute atomic E-state index is 5.62. The Hall–Kier alpha value is -1.23. The molecular formula is C14H16N2OS. The number of thiazole rings is 1. The van der Waals surface area contributed by atoms with Crippen LogP contribution in [0.4, 0.5) is 0 Å². The molecule has 0 saturated heterocycles. The number of nitrogens with zero attached hydrogens (tertiary/aromatic N) is 1. The van der Waals surface area contributed by atoms with Gasteiger partial charge in [0.1, 0.15) is 5.01 Å². The lowest BCUT2D eigenvalue weighted by Crippen LogP contribution is -2.29. The molecule has 18 heavy (non-hydrogen) atoms. The van der Waals surface area contributed by atoms with Crippen molar-refractivity contribution in [3.8, 4) is 0 Å². The highest BCUT2D eigenvalue weighted by Crippen LogP contribution is 2.24. The first kappa shape index (κ1) is 11.8. The Morgan fingerprint density at radius 1 is 1.44 bits per heavy atom. The lowest BCUT2D eigenvalue weighted by atomic mass is 9.99. The van der Waals surface area contributed by atoms with Crippen LogP contribution in [0.1, 0.15) is 27.9 Å². The van der Waals surface area contributed by atoms with Gasteiger partial charge in [-0.2, -0.15) is 0 Å². The Morgan fingerprint density at radius 3 is 3.17 bits per heavy atom. The third-order valence-corrected chi connectivity index (χ3v) is 4.11. The van der Waals surface area contributed by atoms with Crippen molar-refractivity contribution in [2.24, 2.45) is 0 Å². The monoisotopic (exact) mass is 260 g/mol. The van der Waals surface area contributed by atoms with Crippen LogP contribution in [0.15, 0.2) is 29.6 Å². The number of hydrogen-bond acceptors (Lipinski definition) is 4. The van der Waals surface area contributed by atoms with Crippen molar-refractivity contribution in [3.63, 3.8) is 0 Å². The topological polar surface area (TPSA) is 34.1 Å². The molecule has 1 atom stereocenters. The number of fused-ring (bicyclic) bond motifs is 1. The molecule has 1 aliphatic rings. The average Bonchev–Trinajstić information content (AvgIpc) is 2.82. The van der Waals surface area contributed by atoms with Crippen LogP contribution < -0.4 is 5.32 Å². The van der Waals surface area contributed by atoms with Crippen LogP contribution >= 0.6 is 11.3 Å². The molecular weight excluding hydrogens is 244 g/mol. The predicted octanol–water partition coefficient (Wildman–Crippen LogP) is 2.81. The molecule has 0 amide bonds. The summed E-state index contributed by atoms with van der Waals surface area (Å²) >= 11 is 1.70. The van der Waals surface area contributed by atoms with Crippen molar-refractivity contribution >= 4 is 11.3 Å². The lowest BCUT2D eigenvalue weighted by Gasteiger charge is -2.26. The van der Waals surface area contributed by atoms with Gasteiger partial charge in [0.05, 0.1) is 19.3 Å². The summed E-state index contributed by atoms with van der Waals surface area (Å²) < 4.78 is 5.62. The van der Waals surface area contributed by atoms with Crippen molar-refractivity contribution in [2.75, 3.05) is 6.61 Å². The summed E-state index contributed by atoms with van der Waals surface area (Å²) in [6.45, 7) is 4.30. The standard InChI is InChI=1S/C14H16N2OS/c1-10-9-18-14(16-10)6-15-13-8-17-7-11-4-2-3-5-12(11)13/h2-5,9,13,15H,6-8H2,1H3. The maximum Gasteiger partial charge on any atom is 0.107 e. The van der Waals surface area contributed by atoms with Crippen LogP contribution in [0.2, 0.25) is 0 Å². The van der Waals surface area contributed by atoms with Gasteiger partial charge in [0.25, 0.3) is 0 Å². The van der Waals surface area contributed by atoms with Gasteiger partial charge in [-0.1, -0.05) is 24.3 Å². The van der Waals surface area contributed by atoms with E-state index in [0.717, 1.165) is 30.5 Å². The minimum Gasteiger partial charge on any atom is -0.375 e. The number of aryl methyl sites for hydroxylation is 1. The van der Waals surface area contributed by atoms with Gasteiger partial charge in [0.2, 0.25) is 0 Å². The zero-order chi connectivity index (χ0) is 12.4. The van der Waals surface area contributed by atoms with E-state index in [1.807, 2.05) is 6.92 Å². The van der Waals surface area contributed by atoms with E-state index in [1.54, 1.807) is 11.3 Å². The normalized spacial score (nSPS) is 18.6. The van der Waals surface area contributed by atoms with Gasteiger partial charge in [-0.25, -0.2) is 4.98 Å². The van der Waals surface area contributed by atoms with Crippen LogP contribution in [0, 0.1) is 6.92 Å². The van der Waals surface area contributed by atoms with Gasteiger partial charge < -0.3 is 10.1 Å². The van der Waals surface area contributed by atoms with E-state index < -0.39 is 0 Å². The zero-order valence-electron chi connectivity index (χ0n) is 10.3. The number of rotatable bonds is 3. The minimum absolute atomic E-state index is 0.277. The maximum atomic E-state index is 5.62. The average molecular weight is 260 g/mol. The van der Waals surface area contributed by atoms with Crippen LogP contribution in [-0.4, -0.2) is 11.6 Å². The van der Waals surface area contributed by atoms with Crippen LogP contribution in [0.5, 0.6) is 0 Å². The summed E-state index contributed by atoms with van der Waals surface area (Å²) in [7, 11) is 0. The molecule has 0 radical (unpaired) electrons. The summed E-state index contributed by atoms with van der Waals surface area (Å²) in [5.41, 5.74) is 3.74. The number of aromatic nitrogens is 1. The quantitative estimate of drug-likeness (QED) is 0.921. The number of benzene rings is 1. The first-order valence-electron chi connectivity index (χ1n) is 6.13. The molecule has 0 fully saturated rings. The van der Waals surface area contributed by atoms with E-state index in [0.29, 0.717) is 0 Å². The molecule has 94 valence electrons. The molecule has 4 heteroatoms. The van der Waals surface area contributed by atoms with Gasteiger partial charge >= 0.3 is 0 Å². The van der Waals surface area contributed by atoms with E-state index >= 15 is 0 Å². The Bertz CT molecular complexity index is 538. The summed E-state index contributed by atoms with van der Waals surface area (Å²) in [4.78, 5) is 4.47. The van der Waals surface area contributed by atoms with Gasteiger partial charge in [-0.05, 0) is 18.1 Å². The highest BCUT2D eigenvalue weighted by molar-refractivity contribution is 7.09. The first-order valence-corrected chi connectivity index (χ1v) is 7.01. The van der Waals surface area contributed by atoms with E-state index in [9.17, 15) is 0 Å². The molecule has 1 aliphatic heterocycles. The Labute approximate surface area is 111 Å².